The lowest BCUT2D eigenvalue weighted by Crippen LogP contribution is -2.38. The third-order valence-corrected chi connectivity index (χ3v) is 2.62. The second-order valence-electron chi connectivity index (χ2n) is 4.75. The maximum atomic E-state index is 4.57. The first-order valence-electron chi connectivity index (χ1n) is 6.39. The monoisotopic (exact) mass is 354 g/mol. The number of aliphatic imine (C=N–C) groups is 1. The summed E-state index contributed by atoms with van der Waals surface area (Å²) in [7, 11) is 4.21. The molecule has 0 aromatic carbocycles. The molecule has 17 heavy (non-hydrogen) atoms. The minimum absolute atomic E-state index is 0. The topological polar surface area (TPSA) is 39.7 Å². The van der Waals surface area contributed by atoms with Gasteiger partial charge in [-0.05, 0) is 52.7 Å². The molecule has 1 aliphatic rings. The van der Waals surface area contributed by atoms with Crippen LogP contribution in [0.1, 0.15) is 26.2 Å². The number of hydrogen-bond donors (Lipinski definition) is 2. The molecule has 0 atom stereocenters. The van der Waals surface area contributed by atoms with Crippen LogP contribution in [0.5, 0.6) is 0 Å². The largest absolute Gasteiger partial charge is 0.357 e. The van der Waals surface area contributed by atoms with Gasteiger partial charge < -0.3 is 15.5 Å². The molecule has 0 spiro atoms. The molecule has 0 aliphatic heterocycles. The maximum Gasteiger partial charge on any atom is 0.191 e. The standard InChI is InChI=1S/C12H26N4.HI/c1-4-13-12(15-10-11-6-7-11)14-8-5-9-16(2)3;/h11H,4-10H2,1-3H3,(H2,13,14,15);1H. The van der Waals surface area contributed by atoms with Crippen molar-refractivity contribution in [3.63, 3.8) is 0 Å². The van der Waals surface area contributed by atoms with E-state index in [-0.39, 0.29) is 24.0 Å². The van der Waals surface area contributed by atoms with Crippen LogP contribution in [-0.4, -0.2) is 51.1 Å². The molecule has 1 rings (SSSR count). The lowest BCUT2D eigenvalue weighted by atomic mass is 10.4. The van der Waals surface area contributed by atoms with Gasteiger partial charge in [-0.1, -0.05) is 0 Å². The Kier molecular flexibility index (Phi) is 9.91. The van der Waals surface area contributed by atoms with Gasteiger partial charge in [0.15, 0.2) is 5.96 Å². The fraction of sp³-hybridized carbons (Fsp3) is 0.917. The van der Waals surface area contributed by atoms with Crippen LogP contribution in [0, 0.1) is 5.92 Å². The number of rotatable bonds is 7. The highest BCUT2D eigenvalue weighted by molar-refractivity contribution is 14.0. The van der Waals surface area contributed by atoms with E-state index in [1.165, 1.54) is 12.8 Å². The summed E-state index contributed by atoms with van der Waals surface area (Å²) < 4.78 is 0. The second kappa shape index (κ2) is 9.94. The fourth-order valence-electron chi connectivity index (χ4n) is 1.46. The average Bonchev–Trinajstić information content (AvgIpc) is 3.04. The Balaban J connectivity index is 0.00000256. The van der Waals surface area contributed by atoms with E-state index in [1.807, 2.05) is 0 Å². The van der Waals surface area contributed by atoms with Crippen LogP contribution in [0.2, 0.25) is 0 Å². The number of hydrogen-bond acceptors (Lipinski definition) is 2. The van der Waals surface area contributed by atoms with Crippen LogP contribution in [0.3, 0.4) is 0 Å². The summed E-state index contributed by atoms with van der Waals surface area (Å²) >= 11 is 0. The normalized spacial score (nSPS) is 15.6. The second-order valence-corrected chi connectivity index (χ2v) is 4.75. The van der Waals surface area contributed by atoms with Crippen LogP contribution >= 0.6 is 24.0 Å². The van der Waals surface area contributed by atoms with Crippen LogP contribution in [0.25, 0.3) is 0 Å². The molecule has 0 aromatic heterocycles. The molecule has 4 nitrogen and oxygen atoms in total. The number of nitrogens with zero attached hydrogens (tertiary/aromatic N) is 2. The van der Waals surface area contributed by atoms with Crippen LogP contribution < -0.4 is 10.6 Å². The van der Waals surface area contributed by atoms with Gasteiger partial charge in [0.05, 0.1) is 0 Å². The minimum Gasteiger partial charge on any atom is -0.357 e. The Hall–Kier alpha value is -0.0400. The van der Waals surface area contributed by atoms with Gasteiger partial charge in [-0.25, -0.2) is 0 Å². The first-order valence-corrected chi connectivity index (χ1v) is 6.39. The van der Waals surface area contributed by atoms with Crippen LogP contribution in [0.15, 0.2) is 4.99 Å². The lowest BCUT2D eigenvalue weighted by molar-refractivity contribution is 0.399. The van der Waals surface area contributed by atoms with Gasteiger partial charge in [0.25, 0.3) is 0 Å². The van der Waals surface area contributed by atoms with Crippen molar-refractivity contribution in [2.75, 3.05) is 40.3 Å². The Bertz CT molecular complexity index is 215. The van der Waals surface area contributed by atoms with Gasteiger partial charge >= 0.3 is 0 Å². The number of guanidine groups is 1. The highest BCUT2D eigenvalue weighted by Gasteiger charge is 2.20. The third-order valence-electron chi connectivity index (χ3n) is 2.62. The number of nitrogens with one attached hydrogen (secondary N) is 2. The number of halogens is 1. The van der Waals surface area contributed by atoms with Crippen molar-refractivity contribution in [3.8, 4) is 0 Å². The fourth-order valence-corrected chi connectivity index (χ4v) is 1.46. The minimum atomic E-state index is 0. The summed E-state index contributed by atoms with van der Waals surface area (Å²) in [6, 6.07) is 0. The molecule has 0 aromatic rings. The SMILES string of the molecule is CCNC(=NCC1CC1)NCCCN(C)C.I. The third kappa shape index (κ3) is 9.64. The zero-order chi connectivity index (χ0) is 11.8. The van der Waals surface area contributed by atoms with Gasteiger partial charge in [-0.2, -0.15) is 0 Å². The van der Waals surface area contributed by atoms with Crippen molar-refractivity contribution in [2.24, 2.45) is 10.9 Å². The molecule has 2 N–H and O–H groups in total. The molecule has 0 radical (unpaired) electrons. The summed E-state index contributed by atoms with van der Waals surface area (Å²) in [5.74, 6) is 1.84. The highest BCUT2D eigenvalue weighted by Crippen LogP contribution is 2.28. The van der Waals surface area contributed by atoms with Crippen molar-refractivity contribution < 1.29 is 0 Å². The molecule has 0 saturated heterocycles. The van der Waals surface area contributed by atoms with E-state index >= 15 is 0 Å². The Labute approximate surface area is 123 Å². The molecule has 0 heterocycles. The van der Waals surface area contributed by atoms with E-state index < -0.39 is 0 Å². The van der Waals surface area contributed by atoms with Gasteiger partial charge in [-0.15, -0.1) is 24.0 Å². The maximum absolute atomic E-state index is 4.57. The van der Waals surface area contributed by atoms with E-state index in [2.05, 4.69) is 41.5 Å². The van der Waals surface area contributed by atoms with E-state index in [0.717, 1.165) is 44.5 Å². The molecule has 5 heteroatoms. The quantitative estimate of drug-likeness (QED) is 0.315. The molecule has 0 bridgehead atoms. The average molecular weight is 354 g/mol. The zero-order valence-electron chi connectivity index (χ0n) is 11.3. The van der Waals surface area contributed by atoms with Crippen molar-refractivity contribution in [3.05, 3.63) is 0 Å². The summed E-state index contributed by atoms with van der Waals surface area (Å²) in [4.78, 5) is 6.78. The van der Waals surface area contributed by atoms with Crippen LogP contribution in [-0.2, 0) is 0 Å². The van der Waals surface area contributed by atoms with Crippen molar-refractivity contribution >= 4 is 29.9 Å². The van der Waals surface area contributed by atoms with Crippen LogP contribution in [0.4, 0.5) is 0 Å². The first-order chi connectivity index (χ1) is 7.72. The molecular formula is C12H27IN4. The van der Waals surface area contributed by atoms with E-state index in [4.69, 9.17) is 0 Å². The molecule has 1 aliphatic carbocycles. The predicted octanol–water partition coefficient (Wildman–Crippen LogP) is 1.52. The molecule has 102 valence electrons. The predicted molar refractivity (Wildman–Crippen MR) is 85.3 cm³/mol. The Morgan fingerprint density at radius 3 is 2.53 bits per heavy atom. The summed E-state index contributed by atoms with van der Waals surface area (Å²) in [6.07, 6.45) is 3.88. The van der Waals surface area contributed by atoms with E-state index in [1.54, 1.807) is 0 Å². The highest BCUT2D eigenvalue weighted by atomic mass is 127. The summed E-state index contributed by atoms with van der Waals surface area (Å²) in [5, 5.41) is 6.65. The van der Waals surface area contributed by atoms with Gasteiger partial charge in [0.1, 0.15) is 0 Å². The Morgan fingerprint density at radius 1 is 1.29 bits per heavy atom. The molecule has 1 saturated carbocycles. The van der Waals surface area contributed by atoms with Crippen molar-refractivity contribution in [1.82, 2.24) is 15.5 Å². The summed E-state index contributed by atoms with van der Waals surface area (Å²) in [5.41, 5.74) is 0. The smallest absolute Gasteiger partial charge is 0.191 e. The zero-order valence-corrected chi connectivity index (χ0v) is 13.7. The molecule has 0 amide bonds. The Morgan fingerprint density at radius 2 is 2.00 bits per heavy atom. The van der Waals surface area contributed by atoms with Crippen molar-refractivity contribution in [2.45, 2.75) is 26.2 Å². The van der Waals surface area contributed by atoms with E-state index in [9.17, 15) is 0 Å². The van der Waals surface area contributed by atoms with E-state index in [0.29, 0.717) is 0 Å². The molecular weight excluding hydrogens is 327 g/mol. The van der Waals surface area contributed by atoms with Crippen molar-refractivity contribution in [1.29, 1.82) is 0 Å². The van der Waals surface area contributed by atoms with Gasteiger partial charge in [0.2, 0.25) is 0 Å². The first kappa shape index (κ1) is 17.0. The molecule has 0 unspecified atom stereocenters. The lowest BCUT2D eigenvalue weighted by Gasteiger charge is -2.13. The summed E-state index contributed by atoms with van der Waals surface area (Å²) in [6.45, 7) is 6.14. The molecule has 1 fully saturated rings. The van der Waals surface area contributed by atoms with Gasteiger partial charge in [-0.3, -0.25) is 4.99 Å². The van der Waals surface area contributed by atoms with Gasteiger partial charge in [0, 0.05) is 19.6 Å².